The standard InChI is InChI=1S/C17H18IO7P.2C4H9NO/c1-22-14-7-6-11(9-15(14)25-26(19,20)21)4-5-12-8-13(18)17(24-3)16(10-12)23-2;2*1-3-6-4-2-5-1/h4-10H,1-3H3,(H2,19,20,21);2*5H,1-4H2/b5-4-;;. The molecule has 2 heterocycles. The zero-order valence-corrected chi connectivity index (χ0v) is 24.9. The molecule has 0 atom stereocenters. The number of benzene rings is 2. The van der Waals surface area contributed by atoms with Gasteiger partial charge in [-0.1, -0.05) is 18.2 Å². The summed E-state index contributed by atoms with van der Waals surface area (Å²) in [6.07, 6.45) is 3.55. The molecule has 2 aromatic carbocycles. The lowest BCUT2D eigenvalue weighted by Crippen LogP contribution is -2.87. The average molecular weight is 666 g/mol. The molecule has 0 unspecified atom stereocenters. The maximum Gasteiger partial charge on any atom is 0.174 e. The second-order valence-electron chi connectivity index (χ2n) is 7.98. The van der Waals surface area contributed by atoms with Crippen molar-refractivity contribution in [3.63, 3.8) is 0 Å². The van der Waals surface area contributed by atoms with Crippen LogP contribution in [-0.4, -0.2) is 73.9 Å². The number of methoxy groups -OCH3 is 3. The van der Waals surface area contributed by atoms with Crippen LogP contribution in [-0.2, 0) is 14.0 Å². The first-order chi connectivity index (χ1) is 18.3. The highest BCUT2D eigenvalue weighted by molar-refractivity contribution is 14.1. The average Bonchev–Trinajstić information content (AvgIpc) is 2.93. The summed E-state index contributed by atoms with van der Waals surface area (Å²) in [5.41, 5.74) is 1.47. The van der Waals surface area contributed by atoms with Gasteiger partial charge in [-0.25, -0.2) is 0 Å². The molecule has 0 bridgehead atoms. The van der Waals surface area contributed by atoms with Gasteiger partial charge in [0.1, 0.15) is 7.82 Å². The first kappa shape index (κ1) is 32.3. The van der Waals surface area contributed by atoms with Crippen molar-refractivity contribution in [1.82, 2.24) is 0 Å². The second-order valence-corrected chi connectivity index (χ2v) is 10.2. The van der Waals surface area contributed by atoms with Gasteiger partial charge in [0.2, 0.25) is 0 Å². The number of nitrogens with two attached hydrogens (primary N) is 2. The zero-order chi connectivity index (χ0) is 27.8. The third-order valence-corrected chi connectivity index (χ3v) is 6.41. The Labute approximate surface area is 237 Å². The van der Waals surface area contributed by atoms with Gasteiger partial charge >= 0.3 is 0 Å². The van der Waals surface area contributed by atoms with E-state index in [0.29, 0.717) is 17.1 Å². The van der Waals surface area contributed by atoms with Crippen LogP contribution in [0.15, 0.2) is 30.3 Å². The molecule has 0 radical (unpaired) electrons. The Morgan fingerprint density at radius 1 is 0.789 bits per heavy atom. The van der Waals surface area contributed by atoms with Gasteiger partial charge in [-0.05, 0) is 58.0 Å². The molecule has 2 fully saturated rings. The smallest absolute Gasteiger partial charge is 0.174 e. The van der Waals surface area contributed by atoms with Crippen LogP contribution in [0, 0.1) is 3.57 Å². The molecule has 0 amide bonds. The summed E-state index contributed by atoms with van der Waals surface area (Å²) in [5, 5.41) is 4.53. The van der Waals surface area contributed by atoms with E-state index in [0.717, 1.165) is 61.7 Å². The topological polar surface area (TPSA) is 152 Å². The van der Waals surface area contributed by atoms with Gasteiger partial charge in [-0.15, -0.1) is 0 Å². The number of phosphoric ester groups is 1. The lowest BCUT2D eigenvalue weighted by atomic mass is 10.1. The Morgan fingerprint density at radius 3 is 1.74 bits per heavy atom. The SMILES string of the molecule is C1COCC[NH2+]1.C1COCC[NH2+]1.COc1ccc(/C=C\c2cc(I)c(OC)c(OC)c2)cc1OP(=O)([O-])[O-]. The molecule has 2 aromatic rings. The summed E-state index contributed by atoms with van der Waals surface area (Å²) in [5.74, 6) is 1.23. The Balaban J connectivity index is 0.000000341. The van der Waals surface area contributed by atoms with E-state index in [-0.39, 0.29) is 11.5 Å². The predicted octanol–water partition coefficient (Wildman–Crippen LogP) is -0.145. The minimum atomic E-state index is -5.19. The van der Waals surface area contributed by atoms with Crippen molar-refractivity contribution in [2.24, 2.45) is 0 Å². The molecule has 13 heteroatoms. The Hall–Kier alpha value is -1.90. The molecule has 2 aliphatic heterocycles. The molecule has 0 aliphatic carbocycles. The van der Waals surface area contributed by atoms with Crippen molar-refractivity contribution >= 4 is 42.6 Å². The number of ether oxygens (including phenoxy) is 5. The van der Waals surface area contributed by atoms with Crippen LogP contribution in [0.5, 0.6) is 23.0 Å². The molecule has 212 valence electrons. The minimum Gasteiger partial charge on any atom is -0.780 e. The number of phosphoric acid groups is 1. The van der Waals surface area contributed by atoms with Crippen LogP contribution in [0.25, 0.3) is 12.2 Å². The predicted molar refractivity (Wildman–Crippen MR) is 147 cm³/mol. The van der Waals surface area contributed by atoms with Crippen LogP contribution >= 0.6 is 30.4 Å². The van der Waals surface area contributed by atoms with Crippen molar-refractivity contribution in [2.45, 2.75) is 0 Å². The van der Waals surface area contributed by atoms with Gasteiger partial charge in [-0.3, -0.25) is 0 Å². The second kappa shape index (κ2) is 17.6. The lowest BCUT2D eigenvalue weighted by molar-refractivity contribution is -0.670. The molecular formula is C25H36IN2O9P. The summed E-state index contributed by atoms with van der Waals surface area (Å²) in [6, 6.07) is 8.34. The summed E-state index contributed by atoms with van der Waals surface area (Å²) >= 11 is 2.14. The van der Waals surface area contributed by atoms with Crippen molar-refractivity contribution < 1.29 is 53.2 Å². The number of hydrogen-bond acceptors (Lipinski definition) is 9. The Morgan fingerprint density at radius 2 is 1.32 bits per heavy atom. The summed E-state index contributed by atoms with van der Waals surface area (Å²) < 4.78 is 41.9. The Kier molecular flexibility index (Phi) is 15.0. The van der Waals surface area contributed by atoms with Gasteiger partial charge in [0.05, 0.1) is 77.5 Å². The molecule has 11 nitrogen and oxygen atoms in total. The largest absolute Gasteiger partial charge is 0.780 e. The van der Waals surface area contributed by atoms with E-state index in [1.165, 1.54) is 19.2 Å². The molecule has 0 saturated carbocycles. The van der Waals surface area contributed by atoms with Crippen LogP contribution in [0.1, 0.15) is 11.1 Å². The van der Waals surface area contributed by atoms with Gasteiger partial charge in [0.25, 0.3) is 0 Å². The fourth-order valence-corrected chi connectivity index (χ4v) is 4.60. The van der Waals surface area contributed by atoms with Crippen LogP contribution in [0.4, 0.5) is 0 Å². The monoisotopic (exact) mass is 666 g/mol. The zero-order valence-electron chi connectivity index (χ0n) is 21.9. The van der Waals surface area contributed by atoms with Crippen molar-refractivity contribution in [1.29, 1.82) is 0 Å². The first-order valence-corrected chi connectivity index (χ1v) is 14.6. The number of rotatable bonds is 7. The molecule has 2 aliphatic rings. The van der Waals surface area contributed by atoms with Gasteiger partial charge in [0.15, 0.2) is 23.0 Å². The van der Waals surface area contributed by atoms with Crippen molar-refractivity contribution in [2.75, 3.05) is 73.9 Å². The maximum absolute atomic E-state index is 10.9. The van der Waals surface area contributed by atoms with Crippen LogP contribution < -0.4 is 39.2 Å². The highest BCUT2D eigenvalue weighted by atomic mass is 127. The highest BCUT2D eigenvalue weighted by Crippen LogP contribution is 2.38. The van der Waals surface area contributed by atoms with Crippen LogP contribution in [0.2, 0.25) is 0 Å². The fourth-order valence-electron chi connectivity index (χ4n) is 3.37. The van der Waals surface area contributed by atoms with E-state index >= 15 is 0 Å². The van der Waals surface area contributed by atoms with E-state index in [4.69, 9.17) is 23.7 Å². The number of quaternary nitrogens is 2. The van der Waals surface area contributed by atoms with E-state index in [9.17, 15) is 14.4 Å². The highest BCUT2D eigenvalue weighted by Gasteiger charge is 2.10. The molecule has 0 spiro atoms. The molecule has 2 saturated heterocycles. The van der Waals surface area contributed by atoms with E-state index in [1.807, 2.05) is 18.2 Å². The minimum absolute atomic E-state index is 0.148. The van der Waals surface area contributed by atoms with Crippen LogP contribution in [0.3, 0.4) is 0 Å². The fraction of sp³-hybridized carbons (Fsp3) is 0.440. The molecule has 4 N–H and O–H groups in total. The maximum atomic E-state index is 10.9. The van der Waals surface area contributed by atoms with Crippen molar-refractivity contribution in [3.8, 4) is 23.0 Å². The lowest BCUT2D eigenvalue weighted by Gasteiger charge is -2.29. The Bertz CT molecular complexity index is 1020. The third kappa shape index (κ3) is 12.3. The first-order valence-electron chi connectivity index (χ1n) is 12.1. The number of morpholine rings is 2. The van der Waals surface area contributed by atoms with E-state index in [1.54, 1.807) is 26.4 Å². The van der Waals surface area contributed by atoms with Crippen molar-refractivity contribution in [3.05, 3.63) is 45.0 Å². The summed E-state index contributed by atoms with van der Waals surface area (Å²) in [7, 11) is -0.713. The van der Waals surface area contributed by atoms with E-state index < -0.39 is 7.82 Å². The molecule has 4 rings (SSSR count). The summed E-state index contributed by atoms with van der Waals surface area (Å²) in [6.45, 7) is 8.39. The third-order valence-electron chi connectivity index (χ3n) is 5.19. The molecular weight excluding hydrogens is 630 g/mol. The quantitative estimate of drug-likeness (QED) is 0.234. The molecule has 38 heavy (non-hydrogen) atoms. The summed E-state index contributed by atoms with van der Waals surface area (Å²) in [4.78, 5) is 21.8. The number of halogens is 1. The normalized spacial score (nSPS) is 15.4. The van der Waals surface area contributed by atoms with Gasteiger partial charge in [-0.2, -0.15) is 0 Å². The van der Waals surface area contributed by atoms with Gasteiger partial charge in [0, 0.05) is 0 Å². The van der Waals surface area contributed by atoms with E-state index in [2.05, 4.69) is 37.7 Å². The number of hydrogen-bond donors (Lipinski definition) is 2. The van der Waals surface area contributed by atoms with Gasteiger partial charge < -0.3 is 53.2 Å². The molecule has 0 aromatic heterocycles.